The van der Waals surface area contributed by atoms with Crippen LogP contribution in [0.25, 0.3) is 0 Å². The maximum Gasteiger partial charge on any atom is 0.237 e. The molecule has 140 valence electrons. The monoisotopic (exact) mass is 366 g/mol. The van der Waals surface area contributed by atoms with Crippen molar-refractivity contribution in [2.45, 2.75) is 19.6 Å². The first kappa shape index (κ1) is 18.9. The first-order valence-electron chi connectivity index (χ1n) is 8.88. The van der Waals surface area contributed by atoms with E-state index < -0.39 is 0 Å². The molecule has 0 radical (unpaired) electrons. The Morgan fingerprint density at radius 1 is 0.926 bits per heavy atom. The van der Waals surface area contributed by atoms with Gasteiger partial charge in [0.05, 0.1) is 19.4 Å². The highest BCUT2D eigenvalue weighted by Gasteiger charge is 2.18. The molecular weight excluding hydrogens is 343 g/mol. The second-order valence-corrected chi connectivity index (χ2v) is 6.58. The Bertz CT molecular complexity index is 850. The van der Waals surface area contributed by atoms with Gasteiger partial charge in [0.25, 0.3) is 0 Å². The van der Waals surface area contributed by atoms with Crippen LogP contribution in [0, 0.1) is 5.82 Å². The topological polar surface area (TPSA) is 36.7 Å². The van der Waals surface area contributed by atoms with Crippen LogP contribution in [-0.4, -0.2) is 29.3 Å². The van der Waals surface area contributed by atoms with Gasteiger partial charge in [-0.3, -0.25) is 9.69 Å². The van der Waals surface area contributed by atoms with E-state index in [1.165, 1.54) is 6.07 Å². The molecule has 0 bridgehead atoms. The SMILES string of the molecule is CN(CC(=O)N(Cc1ccccc1)Cc1ccco1)Cc1ccccc1F. The number of rotatable bonds is 8. The standard InChI is InChI=1S/C22H23FN2O2/c1-24(15-19-10-5-6-12-21(19)23)17-22(26)25(16-20-11-7-13-27-20)14-18-8-3-2-4-9-18/h2-13H,14-17H2,1H3. The molecule has 0 saturated heterocycles. The van der Waals surface area contributed by atoms with Gasteiger partial charge in [-0.05, 0) is 30.8 Å². The van der Waals surface area contributed by atoms with Crippen LogP contribution in [-0.2, 0) is 24.4 Å². The highest BCUT2D eigenvalue weighted by Crippen LogP contribution is 2.13. The fourth-order valence-corrected chi connectivity index (χ4v) is 2.93. The number of likely N-dealkylation sites (N-methyl/N-ethyl adjacent to an activating group) is 1. The molecule has 5 heteroatoms. The van der Waals surface area contributed by atoms with Crippen molar-refractivity contribution in [1.29, 1.82) is 0 Å². The minimum atomic E-state index is -0.256. The predicted molar refractivity (Wildman–Crippen MR) is 102 cm³/mol. The molecule has 1 heterocycles. The molecule has 0 fully saturated rings. The molecule has 0 unspecified atom stereocenters. The lowest BCUT2D eigenvalue weighted by Gasteiger charge is -2.25. The minimum Gasteiger partial charge on any atom is -0.467 e. The van der Waals surface area contributed by atoms with E-state index in [-0.39, 0.29) is 18.3 Å². The zero-order valence-corrected chi connectivity index (χ0v) is 15.3. The maximum absolute atomic E-state index is 13.9. The van der Waals surface area contributed by atoms with Crippen molar-refractivity contribution in [1.82, 2.24) is 9.80 Å². The van der Waals surface area contributed by atoms with Crippen LogP contribution in [0.4, 0.5) is 4.39 Å². The molecule has 0 spiro atoms. The Kier molecular flexibility index (Phi) is 6.39. The van der Waals surface area contributed by atoms with E-state index in [2.05, 4.69) is 0 Å². The number of carbonyl (C=O) groups excluding carboxylic acids is 1. The molecule has 0 N–H and O–H groups in total. The molecule has 1 amide bonds. The van der Waals surface area contributed by atoms with Crippen molar-refractivity contribution in [3.05, 3.63) is 95.7 Å². The zero-order chi connectivity index (χ0) is 19.1. The predicted octanol–water partition coefficient (Wildman–Crippen LogP) is 4.08. The van der Waals surface area contributed by atoms with Crippen LogP contribution < -0.4 is 0 Å². The molecule has 4 nitrogen and oxygen atoms in total. The number of carbonyl (C=O) groups is 1. The largest absolute Gasteiger partial charge is 0.467 e. The van der Waals surface area contributed by atoms with Gasteiger partial charge in [-0.1, -0.05) is 48.5 Å². The summed E-state index contributed by atoms with van der Waals surface area (Å²) in [5, 5.41) is 0. The molecule has 0 aliphatic heterocycles. The van der Waals surface area contributed by atoms with Gasteiger partial charge in [-0.15, -0.1) is 0 Å². The van der Waals surface area contributed by atoms with Crippen molar-refractivity contribution < 1.29 is 13.6 Å². The average Bonchev–Trinajstić information content (AvgIpc) is 3.17. The molecule has 0 aliphatic carbocycles. The molecule has 3 rings (SSSR count). The molecule has 1 aromatic heterocycles. The van der Waals surface area contributed by atoms with Gasteiger partial charge in [0.2, 0.25) is 5.91 Å². The number of furan rings is 1. The molecule has 0 atom stereocenters. The number of hydrogen-bond acceptors (Lipinski definition) is 3. The Hall–Kier alpha value is -2.92. The molecule has 0 saturated carbocycles. The zero-order valence-electron chi connectivity index (χ0n) is 15.3. The van der Waals surface area contributed by atoms with Crippen molar-refractivity contribution in [2.24, 2.45) is 0 Å². The Labute approximate surface area is 158 Å². The van der Waals surface area contributed by atoms with E-state index in [0.717, 1.165) is 11.3 Å². The van der Waals surface area contributed by atoms with Gasteiger partial charge in [0, 0.05) is 18.7 Å². The summed E-state index contributed by atoms with van der Waals surface area (Å²) >= 11 is 0. The van der Waals surface area contributed by atoms with E-state index in [0.29, 0.717) is 25.2 Å². The van der Waals surface area contributed by atoms with Crippen LogP contribution >= 0.6 is 0 Å². The molecular formula is C22H23FN2O2. The summed E-state index contributed by atoms with van der Waals surface area (Å²) in [6.07, 6.45) is 1.60. The van der Waals surface area contributed by atoms with Crippen molar-refractivity contribution in [2.75, 3.05) is 13.6 Å². The number of amides is 1. The van der Waals surface area contributed by atoms with Crippen molar-refractivity contribution in [3.8, 4) is 0 Å². The maximum atomic E-state index is 13.9. The third kappa shape index (κ3) is 5.53. The van der Waals surface area contributed by atoms with Gasteiger partial charge in [0.15, 0.2) is 0 Å². The highest BCUT2D eigenvalue weighted by molar-refractivity contribution is 5.78. The molecule has 0 aliphatic rings. The summed E-state index contributed by atoms with van der Waals surface area (Å²) < 4.78 is 19.3. The Morgan fingerprint density at radius 2 is 1.67 bits per heavy atom. The quantitative estimate of drug-likeness (QED) is 0.603. The van der Waals surface area contributed by atoms with Gasteiger partial charge in [0.1, 0.15) is 11.6 Å². The smallest absolute Gasteiger partial charge is 0.237 e. The fourth-order valence-electron chi connectivity index (χ4n) is 2.93. The first-order chi connectivity index (χ1) is 13.1. The summed E-state index contributed by atoms with van der Waals surface area (Å²) in [5.41, 5.74) is 1.63. The molecule has 27 heavy (non-hydrogen) atoms. The van der Waals surface area contributed by atoms with E-state index in [9.17, 15) is 9.18 Å². The Morgan fingerprint density at radius 3 is 2.37 bits per heavy atom. The summed E-state index contributed by atoms with van der Waals surface area (Å²) in [6, 6.07) is 20.1. The summed E-state index contributed by atoms with van der Waals surface area (Å²) in [4.78, 5) is 16.5. The normalized spacial score (nSPS) is 10.9. The molecule has 3 aromatic rings. The van der Waals surface area contributed by atoms with Crippen LogP contribution in [0.1, 0.15) is 16.9 Å². The second-order valence-electron chi connectivity index (χ2n) is 6.58. The minimum absolute atomic E-state index is 0.0332. The Balaban J connectivity index is 1.67. The third-order valence-electron chi connectivity index (χ3n) is 4.30. The number of nitrogens with zero attached hydrogens (tertiary/aromatic N) is 2. The third-order valence-corrected chi connectivity index (χ3v) is 4.30. The van der Waals surface area contributed by atoms with E-state index >= 15 is 0 Å². The summed E-state index contributed by atoms with van der Waals surface area (Å²) in [6.45, 7) is 1.46. The highest BCUT2D eigenvalue weighted by atomic mass is 19.1. The van der Waals surface area contributed by atoms with E-state index in [1.54, 1.807) is 29.4 Å². The summed E-state index contributed by atoms with van der Waals surface area (Å²) in [5.74, 6) is 0.443. The lowest BCUT2D eigenvalue weighted by molar-refractivity contribution is -0.133. The average molecular weight is 366 g/mol. The van der Waals surface area contributed by atoms with Crippen molar-refractivity contribution >= 4 is 5.91 Å². The van der Waals surface area contributed by atoms with E-state index in [1.807, 2.05) is 54.4 Å². The van der Waals surface area contributed by atoms with Crippen LogP contribution in [0.15, 0.2) is 77.4 Å². The second kappa shape index (κ2) is 9.14. The summed E-state index contributed by atoms with van der Waals surface area (Å²) in [7, 11) is 1.82. The lowest BCUT2D eigenvalue weighted by Crippen LogP contribution is -2.38. The van der Waals surface area contributed by atoms with E-state index in [4.69, 9.17) is 4.42 Å². The van der Waals surface area contributed by atoms with Gasteiger partial charge < -0.3 is 9.32 Å². The first-order valence-corrected chi connectivity index (χ1v) is 8.88. The molecule has 2 aromatic carbocycles. The van der Waals surface area contributed by atoms with Gasteiger partial charge in [-0.2, -0.15) is 0 Å². The van der Waals surface area contributed by atoms with Gasteiger partial charge >= 0.3 is 0 Å². The van der Waals surface area contributed by atoms with Crippen molar-refractivity contribution in [3.63, 3.8) is 0 Å². The number of halogens is 1. The fraction of sp³-hybridized carbons (Fsp3) is 0.227. The number of hydrogen-bond donors (Lipinski definition) is 0. The van der Waals surface area contributed by atoms with Crippen LogP contribution in [0.5, 0.6) is 0 Å². The van der Waals surface area contributed by atoms with Crippen LogP contribution in [0.2, 0.25) is 0 Å². The van der Waals surface area contributed by atoms with Gasteiger partial charge in [-0.25, -0.2) is 4.39 Å². The number of benzene rings is 2. The van der Waals surface area contributed by atoms with Crippen LogP contribution in [0.3, 0.4) is 0 Å². The lowest BCUT2D eigenvalue weighted by atomic mass is 10.2.